The number of nitrogens with zero attached hydrogens (tertiary/aromatic N) is 3. The molecule has 4 saturated carbocycles. The zero-order valence-corrected chi connectivity index (χ0v) is 9.35. The fourth-order valence-electron chi connectivity index (χ4n) is 4.66. The van der Waals surface area contributed by atoms with Crippen LogP contribution >= 0.6 is 0 Å². The van der Waals surface area contributed by atoms with E-state index in [1.54, 1.807) is 0 Å². The molecule has 9 nitrogen and oxygen atoms in total. The van der Waals surface area contributed by atoms with E-state index in [9.17, 15) is 30.3 Å². The molecule has 0 spiro atoms. The molecule has 4 bridgehead atoms. The lowest BCUT2D eigenvalue weighted by molar-refractivity contribution is -0.673. The maximum absolute atomic E-state index is 11.3. The number of hydrogen-bond acceptors (Lipinski definition) is 6. The van der Waals surface area contributed by atoms with E-state index in [1.165, 1.54) is 0 Å². The van der Waals surface area contributed by atoms with Crippen molar-refractivity contribution in [3.05, 3.63) is 30.3 Å². The van der Waals surface area contributed by atoms with Gasteiger partial charge in [0.2, 0.25) is 6.04 Å². The largest absolute Gasteiger partial charge is 0.291 e. The first kappa shape index (κ1) is 11.3. The van der Waals surface area contributed by atoms with Crippen LogP contribution in [-0.4, -0.2) is 31.9 Å². The molecule has 0 atom stereocenters. The zero-order valence-electron chi connectivity index (χ0n) is 9.35. The summed E-state index contributed by atoms with van der Waals surface area (Å²) in [5.74, 6) is -1.05. The van der Waals surface area contributed by atoms with Gasteiger partial charge >= 0.3 is 0 Å². The second kappa shape index (κ2) is 2.96. The zero-order chi connectivity index (χ0) is 13.3. The van der Waals surface area contributed by atoms with E-state index in [2.05, 4.69) is 0 Å². The SMILES string of the molecule is O=[N+]([O-])C1C2CC3([N+](=O)[O-])CC1CC3([N+](=O)[O-])C2. The minimum absolute atomic E-state index is 0.0247. The standard InChI is InChI=1S/C9H11N3O6/c13-10(14)7-5-1-8(11(15)16)3-6(7)4-9(8,2-5)12(17)18/h5-7H,1-4H2. The topological polar surface area (TPSA) is 129 Å². The molecule has 4 aliphatic rings. The lowest BCUT2D eigenvalue weighted by Gasteiger charge is -2.27. The van der Waals surface area contributed by atoms with Crippen molar-refractivity contribution in [2.45, 2.75) is 42.8 Å². The summed E-state index contributed by atoms with van der Waals surface area (Å²) in [6, 6.07) is -0.839. The van der Waals surface area contributed by atoms with Crippen molar-refractivity contribution in [3.8, 4) is 0 Å². The van der Waals surface area contributed by atoms with E-state index in [4.69, 9.17) is 0 Å². The molecular weight excluding hydrogens is 246 g/mol. The Bertz CT molecular complexity index is 429. The monoisotopic (exact) mass is 257 g/mol. The van der Waals surface area contributed by atoms with E-state index in [0.717, 1.165) is 0 Å². The van der Waals surface area contributed by atoms with Gasteiger partial charge in [0, 0.05) is 52.3 Å². The predicted octanol–water partition coefficient (Wildman–Crippen LogP) is 0.496. The van der Waals surface area contributed by atoms with E-state index in [-0.39, 0.29) is 25.7 Å². The minimum atomic E-state index is -1.57. The normalized spacial score (nSPS) is 48.3. The summed E-state index contributed by atoms with van der Waals surface area (Å²) in [7, 11) is 0. The summed E-state index contributed by atoms with van der Waals surface area (Å²) < 4.78 is 0. The van der Waals surface area contributed by atoms with Crippen LogP contribution in [0.15, 0.2) is 0 Å². The highest BCUT2D eigenvalue weighted by Crippen LogP contribution is 2.65. The summed E-state index contributed by atoms with van der Waals surface area (Å²) in [4.78, 5) is 32.1. The molecule has 9 heteroatoms. The van der Waals surface area contributed by atoms with E-state index >= 15 is 0 Å². The molecule has 0 aromatic carbocycles. The molecule has 0 amide bonds. The van der Waals surface area contributed by atoms with Crippen molar-refractivity contribution in [1.29, 1.82) is 0 Å². The third-order valence-electron chi connectivity index (χ3n) is 5.17. The Morgan fingerprint density at radius 1 is 0.778 bits per heavy atom. The van der Waals surface area contributed by atoms with Crippen LogP contribution in [0, 0.1) is 42.2 Å². The highest BCUT2D eigenvalue weighted by molar-refractivity contribution is 5.21. The van der Waals surface area contributed by atoms with Gasteiger partial charge in [-0.3, -0.25) is 30.3 Å². The third kappa shape index (κ3) is 0.944. The average molecular weight is 257 g/mol. The van der Waals surface area contributed by atoms with Crippen molar-refractivity contribution in [3.63, 3.8) is 0 Å². The molecule has 4 aliphatic carbocycles. The molecule has 4 fully saturated rings. The van der Waals surface area contributed by atoms with E-state index < -0.39 is 43.7 Å². The first-order valence-corrected chi connectivity index (χ1v) is 5.76. The van der Waals surface area contributed by atoms with Gasteiger partial charge in [-0.15, -0.1) is 0 Å². The highest BCUT2D eigenvalue weighted by Gasteiger charge is 2.86. The van der Waals surface area contributed by atoms with Gasteiger partial charge in [-0.05, 0) is 0 Å². The fraction of sp³-hybridized carbons (Fsp3) is 1.00. The van der Waals surface area contributed by atoms with Crippen LogP contribution in [0.3, 0.4) is 0 Å². The molecule has 0 radical (unpaired) electrons. The van der Waals surface area contributed by atoms with Gasteiger partial charge < -0.3 is 0 Å². The molecule has 0 N–H and O–H groups in total. The van der Waals surface area contributed by atoms with Gasteiger partial charge in [-0.25, -0.2) is 0 Å². The first-order chi connectivity index (χ1) is 8.34. The van der Waals surface area contributed by atoms with Crippen LogP contribution < -0.4 is 0 Å². The lowest BCUT2D eigenvalue weighted by Crippen LogP contribution is -2.55. The molecule has 0 aliphatic heterocycles. The van der Waals surface area contributed by atoms with Gasteiger partial charge in [0.1, 0.15) is 0 Å². The highest BCUT2D eigenvalue weighted by atomic mass is 16.7. The van der Waals surface area contributed by atoms with Crippen LogP contribution in [-0.2, 0) is 0 Å². The van der Waals surface area contributed by atoms with Gasteiger partial charge in [-0.1, -0.05) is 0 Å². The van der Waals surface area contributed by atoms with Crippen molar-refractivity contribution < 1.29 is 14.8 Å². The Morgan fingerprint density at radius 3 is 1.33 bits per heavy atom. The summed E-state index contributed by atoms with van der Waals surface area (Å²) in [5.41, 5.74) is -3.14. The fourth-order valence-corrected chi connectivity index (χ4v) is 4.66. The summed E-state index contributed by atoms with van der Waals surface area (Å²) >= 11 is 0. The van der Waals surface area contributed by atoms with Crippen LogP contribution in [0.4, 0.5) is 0 Å². The maximum atomic E-state index is 11.3. The van der Waals surface area contributed by atoms with Gasteiger partial charge in [0.15, 0.2) is 0 Å². The molecule has 4 rings (SSSR count). The summed E-state index contributed by atoms with van der Waals surface area (Å²) in [5, 5.41) is 33.6. The number of rotatable bonds is 3. The Hall–Kier alpha value is -1.80. The van der Waals surface area contributed by atoms with Crippen molar-refractivity contribution in [2.75, 3.05) is 0 Å². The van der Waals surface area contributed by atoms with Crippen LogP contribution in [0.2, 0.25) is 0 Å². The molecule has 98 valence electrons. The van der Waals surface area contributed by atoms with Crippen molar-refractivity contribution in [2.24, 2.45) is 11.8 Å². The molecular formula is C9H11N3O6. The van der Waals surface area contributed by atoms with Crippen LogP contribution in [0.25, 0.3) is 0 Å². The number of hydrogen-bond donors (Lipinski definition) is 0. The number of nitro groups is 3. The summed E-state index contributed by atoms with van der Waals surface area (Å²) in [6.07, 6.45) is -0.0987. The molecule has 0 heterocycles. The van der Waals surface area contributed by atoms with Gasteiger partial charge in [0.05, 0.1) is 0 Å². The van der Waals surface area contributed by atoms with E-state index in [0.29, 0.717) is 0 Å². The first-order valence-electron chi connectivity index (χ1n) is 5.76. The lowest BCUT2D eigenvalue weighted by atomic mass is 9.76. The molecule has 0 saturated heterocycles. The van der Waals surface area contributed by atoms with Crippen molar-refractivity contribution in [1.82, 2.24) is 0 Å². The van der Waals surface area contributed by atoms with Gasteiger partial charge in [-0.2, -0.15) is 0 Å². The minimum Gasteiger partial charge on any atom is -0.264 e. The predicted molar refractivity (Wildman–Crippen MR) is 55.7 cm³/mol. The van der Waals surface area contributed by atoms with Gasteiger partial charge in [0.25, 0.3) is 11.1 Å². The maximum Gasteiger partial charge on any atom is 0.291 e. The van der Waals surface area contributed by atoms with Crippen LogP contribution in [0.5, 0.6) is 0 Å². The summed E-state index contributed by atoms with van der Waals surface area (Å²) in [6.45, 7) is 0. The second-order valence-corrected chi connectivity index (χ2v) is 5.69. The van der Waals surface area contributed by atoms with Crippen LogP contribution in [0.1, 0.15) is 25.7 Å². The average Bonchev–Trinajstić information content (AvgIpc) is 2.63. The van der Waals surface area contributed by atoms with E-state index in [1.807, 2.05) is 0 Å². The Morgan fingerprint density at radius 2 is 1.11 bits per heavy atom. The smallest absolute Gasteiger partial charge is 0.264 e. The Labute approximate surface area is 101 Å². The molecule has 0 aromatic heterocycles. The molecule has 0 aromatic rings. The third-order valence-corrected chi connectivity index (χ3v) is 5.17. The second-order valence-electron chi connectivity index (χ2n) is 5.69. The molecule has 0 unspecified atom stereocenters. The quantitative estimate of drug-likeness (QED) is 0.534. The Kier molecular flexibility index (Phi) is 1.86. The Balaban J connectivity index is 2.10. The molecule has 18 heavy (non-hydrogen) atoms. The van der Waals surface area contributed by atoms with Crippen molar-refractivity contribution >= 4 is 0 Å².